The Morgan fingerprint density at radius 1 is 0.812 bits per heavy atom. The highest BCUT2D eigenvalue weighted by Gasteiger charge is 2.47. The van der Waals surface area contributed by atoms with Gasteiger partial charge in [0.15, 0.2) is 0 Å². The maximum Gasteiger partial charge on any atom is 0.514 e. The van der Waals surface area contributed by atoms with Crippen LogP contribution in [0.3, 0.4) is 0 Å². The average molecular weight is 666 g/mol. The number of likely N-dealkylation sites (tertiary alicyclic amines) is 1. The van der Waals surface area contributed by atoms with E-state index in [4.69, 9.17) is 14.2 Å². The number of amides is 2. The van der Waals surface area contributed by atoms with Gasteiger partial charge in [0, 0.05) is 6.54 Å². The van der Waals surface area contributed by atoms with Crippen molar-refractivity contribution in [2.24, 2.45) is 23.7 Å². The van der Waals surface area contributed by atoms with Crippen molar-refractivity contribution in [2.45, 2.75) is 119 Å². The number of hydrogen-bond donors (Lipinski definition) is 0. The van der Waals surface area contributed by atoms with Gasteiger partial charge in [0.2, 0.25) is 11.8 Å². The smallest absolute Gasteiger partial charge is 0.465 e. The van der Waals surface area contributed by atoms with E-state index in [-0.39, 0.29) is 36.0 Å². The fourth-order valence-corrected chi connectivity index (χ4v) is 5.47. The quantitative estimate of drug-likeness (QED) is 0.142. The molecule has 1 heterocycles. The third-order valence-electron chi connectivity index (χ3n) is 8.00. The first-order chi connectivity index (χ1) is 22.6. The van der Waals surface area contributed by atoms with Crippen LogP contribution in [0.15, 0.2) is 54.6 Å². The molecule has 1 saturated carbocycles. The number of ether oxygens (including phenoxy) is 3. The molecule has 1 aliphatic heterocycles. The lowest BCUT2D eigenvalue weighted by Gasteiger charge is -2.19. The lowest BCUT2D eigenvalue weighted by Crippen LogP contribution is -2.32. The third kappa shape index (κ3) is 15.0. The van der Waals surface area contributed by atoms with Crippen LogP contribution in [0.5, 0.6) is 5.75 Å². The molecule has 0 bridgehead atoms. The summed E-state index contributed by atoms with van der Waals surface area (Å²) in [5, 5.41) is 0. The van der Waals surface area contributed by atoms with Gasteiger partial charge in [-0.2, -0.15) is 0 Å². The molecule has 48 heavy (non-hydrogen) atoms. The standard InChI is InChI=1S/C17H24O5.C14H23NO2.C9H12/c1-12(2)11-20-15(18)10-13-6-8-14(9-7-13)21-16(19)22-17(3,4)5;1-10(2)6-5-9-15-13(16)11-7-3-4-8-12(11)14(15)17;1-8(2)9-6-4-3-5-7-9/h6-9,12H,10-11H2,1-5H3;10-12H,3-9H2,1-2H3;3-8H,1-2H3. The molecule has 2 aromatic rings. The van der Waals surface area contributed by atoms with E-state index in [1.165, 1.54) is 5.56 Å². The highest BCUT2D eigenvalue weighted by atomic mass is 16.7. The summed E-state index contributed by atoms with van der Waals surface area (Å²) in [7, 11) is 0. The molecule has 1 aliphatic carbocycles. The zero-order valence-electron chi connectivity index (χ0n) is 30.8. The van der Waals surface area contributed by atoms with Crippen LogP contribution < -0.4 is 4.74 Å². The maximum absolute atomic E-state index is 12.1. The second kappa shape index (κ2) is 20.0. The van der Waals surface area contributed by atoms with Gasteiger partial charge in [-0.15, -0.1) is 0 Å². The molecule has 2 aliphatic rings. The van der Waals surface area contributed by atoms with Crippen molar-refractivity contribution in [1.29, 1.82) is 0 Å². The van der Waals surface area contributed by atoms with Crippen molar-refractivity contribution >= 4 is 23.9 Å². The highest BCUT2D eigenvalue weighted by molar-refractivity contribution is 6.05. The molecule has 0 N–H and O–H groups in total. The van der Waals surface area contributed by atoms with Gasteiger partial charge in [0.25, 0.3) is 0 Å². The fraction of sp³-hybridized carbons (Fsp3) is 0.600. The number of carbonyl (C=O) groups is 4. The molecule has 0 radical (unpaired) electrons. The van der Waals surface area contributed by atoms with E-state index in [0.29, 0.717) is 36.7 Å². The van der Waals surface area contributed by atoms with Gasteiger partial charge in [-0.1, -0.05) is 96.8 Å². The number of rotatable bonds is 10. The first-order valence-corrected chi connectivity index (χ1v) is 17.6. The summed E-state index contributed by atoms with van der Waals surface area (Å²) in [4.78, 5) is 48.9. The maximum atomic E-state index is 12.1. The minimum absolute atomic E-state index is 0.0234. The zero-order chi connectivity index (χ0) is 35.9. The molecule has 8 nitrogen and oxygen atoms in total. The van der Waals surface area contributed by atoms with Crippen LogP contribution in [0.4, 0.5) is 4.79 Å². The fourth-order valence-electron chi connectivity index (χ4n) is 5.47. The highest BCUT2D eigenvalue weighted by Crippen LogP contribution is 2.38. The molecule has 2 atom stereocenters. The van der Waals surface area contributed by atoms with E-state index in [0.717, 1.165) is 44.1 Å². The van der Waals surface area contributed by atoms with Gasteiger partial charge in [-0.25, -0.2) is 4.79 Å². The number of fused-ring (bicyclic) bond motifs is 1. The largest absolute Gasteiger partial charge is 0.514 e. The third-order valence-corrected chi connectivity index (χ3v) is 8.00. The number of imide groups is 1. The van der Waals surface area contributed by atoms with Crippen molar-refractivity contribution in [1.82, 2.24) is 4.90 Å². The van der Waals surface area contributed by atoms with Crippen LogP contribution in [0, 0.1) is 23.7 Å². The van der Waals surface area contributed by atoms with Gasteiger partial charge in [0.05, 0.1) is 24.9 Å². The summed E-state index contributed by atoms with van der Waals surface area (Å²) in [5.41, 5.74) is 1.61. The van der Waals surface area contributed by atoms with E-state index in [1.807, 2.05) is 19.9 Å². The Morgan fingerprint density at radius 2 is 1.38 bits per heavy atom. The number of benzene rings is 2. The molecule has 266 valence electrons. The average Bonchev–Trinajstić information content (AvgIpc) is 3.26. The number of carbonyl (C=O) groups excluding carboxylic acids is 4. The summed E-state index contributed by atoms with van der Waals surface area (Å²) < 4.78 is 15.2. The van der Waals surface area contributed by atoms with Gasteiger partial charge in [0.1, 0.15) is 11.4 Å². The van der Waals surface area contributed by atoms with Crippen LogP contribution in [0.1, 0.15) is 118 Å². The Morgan fingerprint density at radius 3 is 1.83 bits per heavy atom. The summed E-state index contributed by atoms with van der Waals surface area (Å²) in [6, 6.07) is 17.2. The second-order valence-corrected chi connectivity index (χ2v) is 14.9. The SMILES string of the molecule is CC(C)CCCN1C(=O)C2CCCCC2C1=O.CC(C)COC(=O)Cc1ccc(OC(=O)OC(C)(C)C)cc1.CC(C)c1ccccc1. The Balaban J connectivity index is 0.000000271. The van der Waals surface area contributed by atoms with Crippen molar-refractivity contribution in [2.75, 3.05) is 13.2 Å². The minimum atomic E-state index is -0.753. The summed E-state index contributed by atoms with van der Waals surface area (Å²) in [6.45, 7) is 19.1. The van der Waals surface area contributed by atoms with Crippen LogP contribution >= 0.6 is 0 Å². The Bertz CT molecular complexity index is 1250. The lowest BCUT2D eigenvalue weighted by molar-refractivity contribution is -0.144. The molecule has 0 spiro atoms. The summed E-state index contributed by atoms with van der Waals surface area (Å²) in [5.74, 6) is 1.99. The molecule has 8 heteroatoms. The molecular formula is C40H59NO7. The molecule has 2 fully saturated rings. The number of esters is 1. The van der Waals surface area contributed by atoms with Crippen molar-refractivity contribution in [3.63, 3.8) is 0 Å². The number of hydrogen-bond acceptors (Lipinski definition) is 7. The summed E-state index contributed by atoms with van der Waals surface area (Å²) in [6.07, 6.45) is 5.56. The minimum Gasteiger partial charge on any atom is -0.465 e. The number of nitrogens with zero attached hydrogens (tertiary/aromatic N) is 1. The first kappa shape index (κ1) is 40.5. The van der Waals surface area contributed by atoms with Gasteiger partial charge >= 0.3 is 12.1 Å². The monoisotopic (exact) mass is 665 g/mol. The lowest BCUT2D eigenvalue weighted by atomic mass is 9.81. The van der Waals surface area contributed by atoms with E-state index in [1.54, 1.807) is 49.9 Å². The topological polar surface area (TPSA) is 99.2 Å². The van der Waals surface area contributed by atoms with E-state index in [2.05, 4.69) is 52.0 Å². The van der Waals surface area contributed by atoms with Crippen LogP contribution in [0.25, 0.3) is 0 Å². The van der Waals surface area contributed by atoms with Crippen molar-refractivity contribution in [3.05, 3.63) is 65.7 Å². The van der Waals surface area contributed by atoms with Crippen LogP contribution in [-0.2, 0) is 30.3 Å². The Kier molecular flexibility index (Phi) is 16.9. The summed E-state index contributed by atoms with van der Waals surface area (Å²) >= 11 is 0. The molecular weight excluding hydrogens is 606 g/mol. The zero-order valence-corrected chi connectivity index (χ0v) is 30.8. The predicted octanol–water partition coefficient (Wildman–Crippen LogP) is 9.15. The Labute approximate surface area is 288 Å². The predicted molar refractivity (Wildman–Crippen MR) is 190 cm³/mol. The molecule has 1 saturated heterocycles. The molecule has 2 amide bonds. The normalized spacial score (nSPS) is 17.3. The molecule has 0 aromatic heterocycles. The first-order valence-electron chi connectivity index (χ1n) is 17.6. The van der Waals surface area contributed by atoms with Gasteiger partial charge in [-0.3, -0.25) is 19.3 Å². The molecule has 2 aromatic carbocycles. The van der Waals surface area contributed by atoms with E-state index >= 15 is 0 Å². The second-order valence-electron chi connectivity index (χ2n) is 14.9. The van der Waals surface area contributed by atoms with E-state index < -0.39 is 11.8 Å². The molecule has 4 rings (SSSR count). The van der Waals surface area contributed by atoms with Crippen LogP contribution in [-0.4, -0.2) is 47.6 Å². The van der Waals surface area contributed by atoms with Crippen molar-refractivity contribution in [3.8, 4) is 5.75 Å². The molecule has 2 unspecified atom stereocenters. The van der Waals surface area contributed by atoms with E-state index in [9.17, 15) is 19.2 Å². The van der Waals surface area contributed by atoms with Crippen molar-refractivity contribution < 1.29 is 33.4 Å². The Hall–Kier alpha value is -3.68. The van der Waals surface area contributed by atoms with Gasteiger partial charge < -0.3 is 14.2 Å². The van der Waals surface area contributed by atoms with Crippen LogP contribution in [0.2, 0.25) is 0 Å². The van der Waals surface area contributed by atoms with Gasteiger partial charge in [-0.05, 0) is 87.5 Å².